The molecule has 0 aliphatic heterocycles. The van der Waals surface area contributed by atoms with Crippen LogP contribution in [-0.2, 0) is 16.6 Å². The van der Waals surface area contributed by atoms with Gasteiger partial charge in [-0.1, -0.05) is 19.9 Å². The van der Waals surface area contributed by atoms with Gasteiger partial charge in [-0.05, 0) is 18.1 Å². The maximum atomic E-state index is 11.5. The van der Waals surface area contributed by atoms with E-state index in [0.717, 1.165) is 0 Å². The Labute approximate surface area is 111 Å². The molecule has 2 rings (SSSR count). The molecule has 2 heterocycles. The summed E-state index contributed by atoms with van der Waals surface area (Å²) in [5.41, 5.74) is 0.561. The van der Waals surface area contributed by atoms with Crippen LogP contribution in [-0.4, -0.2) is 28.2 Å². The number of hydrogen-bond donors (Lipinski definition) is 1. The van der Waals surface area contributed by atoms with Gasteiger partial charge in [0.1, 0.15) is 5.69 Å². The highest BCUT2D eigenvalue weighted by Crippen LogP contribution is 2.19. The Morgan fingerprint density at radius 1 is 1.32 bits per heavy atom. The summed E-state index contributed by atoms with van der Waals surface area (Å²) in [7, 11) is -3.90. The average Bonchev–Trinajstić information content (AvgIpc) is 2.72. The topological polar surface area (TPSA) is 104 Å². The third-order valence-corrected chi connectivity index (χ3v) is 3.22. The first-order valence-electron chi connectivity index (χ1n) is 5.77. The maximum Gasteiger partial charge on any atom is 0.273 e. The third kappa shape index (κ3) is 2.96. The lowest BCUT2D eigenvalue weighted by Gasteiger charge is -2.11. The van der Waals surface area contributed by atoms with E-state index in [4.69, 9.17) is 5.14 Å². The average molecular weight is 281 g/mol. The molecule has 8 heteroatoms. The number of hydrogen-bond acceptors (Lipinski definition) is 5. The lowest BCUT2D eigenvalue weighted by Crippen LogP contribution is -2.20. The monoisotopic (exact) mass is 281 g/mol. The van der Waals surface area contributed by atoms with Crippen molar-refractivity contribution in [2.45, 2.75) is 25.5 Å². The maximum absolute atomic E-state index is 11.5. The molecule has 0 saturated carbocycles. The molecule has 2 N–H and O–H groups in total. The summed E-state index contributed by atoms with van der Waals surface area (Å²) in [6.07, 6.45) is 1.61. The number of pyridine rings is 1. The Balaban J connectivity index is 2.60. The van der Waals surface area contributed by atoms with E-state index in [0.29, 0.717) is 18.1 Å². The van der Waals surface area contributed by atoms with Gasteiger partial charge < -0.3 is 0 Å². The lowest BCUT2D eigenvalue weighted by atomic mass is 10.2. The van der Waals surface area contributed by atoms with E-state index < -0.39 is 10.0 Å². The fourth-order valence-electron chi connectivity index (χ4n) is 1.71. The number of aromatic nitrogens is 4. The third-order valence-electron chi connectivity index (χ3n) is 2.41. The Morgan fingerprint density at radius 2 is 2.05 bits per heavy atom. The summed E-state index contributed by atoms with van der Waals surface area (Å²) in [5, 5.41) is 12.5. The van der Waals surface area contributed by atoms with Gasteiger partial charge in [-0.25, -0.2) is 13.6 Å². The Kier molecular flexibility index (Phi) is 3.63. The first-order valence-corrected chi connectivity index (χ1v) is 7.31. The van der Waals surface area contributed by atoms with Gasteiger partial charge in [-0.3, -0.25) is 9.55 Å². The molecule has 0 aliphatic carbocycles. The van der Waals surface area contributed by atoms with Gasteiger partial charge in [0.25, 0.3) is 15.2 Å². The second-order valence-electron chi connectivity index (χ2n) is 4.57. The zero-order valence-corrected chi connectivity index (χ0v) is 11.5. The molecule has 0 radical (unpaired) electrons. The van der Waals surface area contributed by atoms with Gasteiger partial charge >= 0.3 is 0 Å². The van der Waals surface area contributed by atoms with Crippen LogP contribution in [0.15, 0.2) is 29.6 Å². The fourth-order valence-corrected chi connectivity index (χ4v) is 2.34. The van der Waals surface area contributed by atoms with E-state index in [9.17, 15) is 8.42 Å². The molecule has 0 unspecified atom stereocenters. The van der Waals surface area contributed by atoms with E-state index in [1.54, 1.807) is 24.4 Å². The summed E-state index contributed by atoms with van der Waals surface area (Å²) in [5.74, 6) is 0.622. The van der Waals surface area contributed by atoms with Crippen molar-refractivity contribution in [1.29, 1.82) is 0 Å². The summed E-state index contributed by atoms with van der Waals surface area (Å²) in [4.78, 5) is 4.15. The van der Waals surface area contributed by atoms with Gasteiger partial charge in [-0.2, -0.15) is 0 Å². The van der Waals surface area contributed by atoms with Crippen LogP contribution >= 0.6 is 0 Å². The van der Waals surface area contributed by atoms with Gasteiger partial charge in [-0.15, -0.1) is 10.2 Å². The highest BCUT2D eigenvalue weighted by Gasteiger charge is 2.22. The van der Waals surface area contributed by atoms with Crippen LogP contribution < -0.4 is 5.14 Å². The van der Waals surface area contributed by atoms with E-state index in [-0.39, 0.29) is 11.1 Å². The predicted molar refractivity (Wildman–Crippen MR) is 69.5 cm³/mol. The van der Waals surface area contributed by atoms with Crippen molar-refractivity contribution in [3.8, 4) is 11.5 Å². The van der Waals surface area contributed by atoms with Gasteiger partial charge in [0.15, 0.2) is 5.82 Å². The zero-order valence-electron chi connectivity index (χ0n) is 10.7. The van der Waals surface area contributed by atoms with E-state index in [2.05, 4.69) is 15.2 Å². The Hall–Kier alpha value is -1.80. The Bertz CT molecular complexity index is 664. The number of sulfonamides is 1. The molecule has 0 saturated heterocycles. The van der Waals surface area contributed by atoms with Crippen LogP contribution in [0.3, 0.4) is 0 Å². The molecule has 0 aliphatic rings. The SMILES string of the molecule is CC(C)Cn1c(-c2ccccn2)nnc1S(N)(=O)=O. The predicted octanol–water partition coefficient (Wildman–Crippen LogP) is 0.643. The molecular formula is C11H15N5O2S. The number of nitrogens with zero attached hydrogens (tertiary/aromatic N) is 4. The van der Waals surface area contributed by atoms with Gasteiger partial charge in [0.05, 0.1) is 0 Å². The highest BCUT2D eigenvalue weighted by atomic mass is 32.2. The number of nitrogens with two attached hydrogens (primary N) is 1. The minimum Gasteiger partial charge on any atom is -0.295 e. The van der Waals surface area contributed by atoms with Crippen LogP contribution in [0.1, 0.15) is 13.8 Å². The summed E-state index contributed by atoms with van der Waals surface area (Å²) in [6.45, 7) is 4.38. The highest BCUT2D eigenvalue weighted by molar-refractivity contribution is 7.89. The molecule has 102 valence electrons. The van der Waals surface area contributed by atoms with Crippen molar-refractivity contribution in [3.05, 3.63) is 24.4 Å². The molecule has 0 fully saturated rings. The quantitative estimate of drug-likeness (QED) is 0.885. The summed E-state index contributed by atoms with van der Waals surface area (Å²) in [6, 6.07) is 5.31. The van der Waals surface area contributed by atoms with Crippen LogP contribution in [0, 0.1) is 5.92 Å². The van der Waals surface area contributed by atoms with Crippen molar-refractivity contribution in [1.82, 2.24) is 19.7 Å². The molecule has 7 nitrogen and oxygen atoms in total. The largest absolute Gasteiger partial charge is 0.295 e. The van der Waals surface area contributed by atoms with Crippen molar-refractivity contribution in [2.75, 3.05) is 0 Å². The molecule has 0 aromatic carbocycles. The first kappa shape index (κ1) is 13.6. The molecule has 0 atom stereocenters. The molecule has 0 bridgehead atoms. The minimum absolute atomic E-state index is 0.221. The second-order valence-corrected chi connectivity index (χ2v) is 6.03. The first-order chi connectivity index (χ1) is 8.89. The van der Waals surface area contributed by atoms with E-state index in [1.165, 1.54) is 4.57 Å². The molecule has 2 aromatic rings. The zero-order chi connectivity index (χ0) is 14.0. The second kappa shape index (κ2) is 5.06. The minimum atomic E-state index is -3.90. The molecular weight excluding hydrogens is 266 g/mol. The molecule has 0 spiro atoms. The van der Waals surface area contributed by atoms with Crippen LogP contribution in [0.4, 0.5) is 0 Å². The van der Waals surface area contributed by atoms with Crippen LogP contribution in [0.2, 0.25) is 0 Å². The van der Waals surface area contributed by atoms with Crippen molar-refractivity contribution < 1.29 is 8.42 Å². The van der Waals surface area contributed by atoms with Crippen LogP contribution in [0.25, 0.3) is 11.5 Å². The van der Waals surface area contributed by atoms with Gasteiger partial charge in [0, 0.05) is 12.7 Å². The number of rotatable bonds is 4. The van der Waals surface area contributed by atoms with Crippen LogP contribution in [0.5, 0.6) is 0 Å². The molecule has 19 heavy (non-hydrogen) atoms. The van der Waals surface area contributed by atoms with Crippen molar-refractivity contribution in [3.63, 3.8) is 0 Å². The summed E-state index contributed by atoms with van der Waals surface area (Å²) < 4.78 is 24.5. The van der Waals surface area contributed by atoms with E-state index >= 15 is 0 Å². The van der Waals surface area contributed by atoms with E-state index in [1.807, 2.05) is 13.8 Å². The Morgan fingerprint density at radius 3 is 2.58 bits per heavy atom. The normalized spacial score (nSPS) is 12.0. The fraction of sp³-hybridized carbons (Fsp3) is 0.364. The molecule has 0 amide bonds. The standard InChI is InChI=1S/C11H15N5O2S/c1-8(2)7-16-10(9-5-3-4-6-13-9)14-15-11(16)19(12,17)18/h3-6,8H,7H2,1-2H3,(H2,12,17,18). The lowest BCUT2D eigenvalue weighted by molar-refractivity contribution is 0.486. The summed E-state index contributed by atoms with van der Waals surface area (Å²) >= 11 is 0. The van der Waals surface area contributed by atoms with Crippen molar-refractivity contribution in [2.24, 2.45) is 11.1 Å². The number of primary sulfonamides is 1. The van der Waals surface area contributed by atoms with Crippen molar-refractivity contribution >= 4 is 10.0 Å². The smallest absolute Gasteiger partial charge is 0.273 e. The molecule has 2 aromatic heterocycles. The van der Waals surface area contributed by atoms with Gasteiger partial charge in [0.2, 0.25) is 0 Å².